The van der Waals surface area contributed by atoms with Gasteiger partial charge in [-0.05, 0) is 36.8 Å². The fourth-order valence-corrected chi connectivity index (χ4v) is 2.10. The topological polar surface area (TPSA) is 55.1 Å². The SMILES string of the molecule is Cc1csc(CNC(=O)C2(N)CC2)c1. The zero-order valence-electron chi connectivity index (χ0n) is 8.17. The second kappa shape index (κ2) is 3.37. The van der Waals surface area contributed by atoms with E-state index in [0.717, 1.165) is 12.8 Å². The quantitative estimate of drug-likeness (QED) is 0.786. The Hall–Kier alpha value is -0.870. The van der Waals surface area contributed by atoms with Crippen LogP contribution in [-0.4, -0.2) is 11.4 Å². The molecule has 3 nitrogen and oxygen atoms in total. The second-order valence-corrected chi connectivity index (χ2v) is 4.92. The zero-order chi connectivity index (χ0) is 10.2. The molecule has 1 aromatic rings. The van der Waals surface area contributed by atoms with E-state index in [1.165, 1.54) is 10.4 Å². The monoisotopic (exact) mass is 210 g/mol. The highest BCUT2D eigenvalue weighted by Gasteiger charge is 2.45. The number of thiophene rings is 1. The molecular weight excluding hydrogens is 196 g/mol. The van der Waals surface area contributed by atoms with Crippen LogP contribution >= 0.6 is 11.3 Å². The Kier molecular flexibility index (Phi) is 2.33. The molecule has 0 aliphatic heterocycles. The molecule has 0 aromatic carbocycles. The molecule has 1 aliphatic carbocycles. The van der Waals surface area contributed by atoms with Gasteiger partial charge in [-0.3, -0.25) is 4.79 Å². The van der Waals surface area contributed by atoms with E-state index >= 15 is 0 Å². The number of nitrogens with two attached hydrogens (primary N) is 1. The van der Waals surface area contributed by atoms with E-state index in [-0.39, 0.29) is 5.91 Å². The van der Waals surface area contributed by atoms with Gasteiger partial charge >= 0.3 is 0 Å². The fourth-order valence-electron chi connectivity index (χ4n) is 1.29. The molecule has 0 radical (unpaired) electrons. The molecule has 14 heavy (non-hydrogen) atoms. The molecule has 3 N–H and O–H groups in total. The fraction of sp³-hybridized carbons (Fsp3) is 0.500. The van der Waals surface area contributed by atoms with E-state index < -0.39 is 5.54 Å². The summed E-state index contributed by atoms with van der Waals surface area (Å²) in [5.41, 5.74) is 6.45. The normalized spacial score (nSPS) is 17.9. The summed E-state index contributed by atoms with van der Waals surface area (Å²) in [6.07, 6.45) is 1.64. The van der Waals surface area contributed by atoms with Gasteiger partial charge in [-0.25, -0.2) is 0 Å². The first-order valence-electron chi connectivity index (χ1n) is 4.71. The Bertz CT molecular complexity index is 355. The molecule has 2 rings (SSSR count). The molecule has 1 saturated carbocycles. The van der Waals surface area contributed by atoms with Crippen molar-refractivity contribution in [2.45, 2.75) is 31.8 Å². The Morgan fingerprint density at radius 1 is 1.71 bits per heavy atom. The van der Waals surface area contributed by atoms with E-state index in [1.807, 2.05) is 6.92 Å². The molecular formula is C10H14N2OS. The third-order valence-corrected chi connectivity index (χ3v) is 3.50. The van der Waals surface area contributed by atoms with E-state index in [4.69, 9.17) is 5.73 Å². The van der Waals surface area contributed by atoms with Gasteiger partial charge in [-0.1, -0.05) is 0 Å². The molecule has 0 unspecified atom stereocenters. The van der Waals surface area contributed by atoms with Crippen LogP contribution in [0.3, 0.4) is 0 Å². The highest BCUT2D eigenvalue weighted by atomic mass is 32.1. The van der Waals surface area contributed by atoms with Crippen LogP contribution in [0, 0.1) is 6.92 Å². The lowest BCUT2D eigenvalue weighted by Gasteiger charge is -2.08. The van der Waals surface area contributed by atoms with Crippen LogP contribution < -0.4 is 11.1 Å². The van der Waals surface area contributed by atoms with Gasteiger partial charge in [-0.2, -0.15) is 0 Å². The molecule has 76 valence electrons. The van der Waals surface area contributed by atoms with Crippen LogP contribution in [0.2, 0.25) is 0 Å². The highest BCUT2D eigenvalue weighted by molar-refractivity contribution is 7.10. The van der Waals surface area contributed by atoms with Crippen molar-refractivity contribution in [2.75, 3.05) is 0 Å². The van der Waals surface area contributed by atoms with Crippen LogP contribution in [0.15, 0.2) is 11.4 Å². The van der Waals surface area contributed by atoms with Crippen molar-refractivity contribution < 1.29 is 4.79 Å². The average Bonchev–Trinajstić information content (AvgIpc) is 2.76. The molecule has 1 fully saturated rings. The smallest absolute Gasteiger partial charge is 0.240 e. The molecule has 0 spiro atoms. The summed E-state index contributed by atoms with van der Waals surface area (Å²) in [6.45, 7) is 2.66. The molecule has 4 heteroatoms. The number of carbonyl (C=O) groups is 1. The van der Waals surface area contributed by atoms with Crippen molar-refractivity contribution >= 4 is 17.2 Å². The van der Waals surface area contributed by atoms with Gasteiger partial charge in [0, 0.05) is 4.88 Å². The lowest BCUT2D eigenvalue weighted by Crippen LogP contribution is -2.42. The van der Waals surface area contributed by atoms with E-state index in [9.17, 15) is 4.79 Å². The van der Waals surface area contributed by atoms with Gasteiger partial charge < -0.3 is 11.1 Å². The van der Waals surface area contributed by atoms with Crippen molar-refractivity contribution in [1.29, 1.82) is 0 Å². The Morgan fingerprint density at radius 2 is 2.43 bits per heavy atom. The minimum atomic E-state index is -0.549. The number of carbonyl (C=O) groups excluding carboxylic acids is 1. The number of hydrogen-bond acceptors (Lipinski definition) is 3. The van der Waals surface area contributed by atoms with Crippen molar-refractivity contribution in [3.8, 4) is 0 Å². The lowest BCUT2D eigenvalue weighted by molar-refractivity contribution is -0.123. The van der Waals surface area contributed by atoms with Crippen molar-refractivity contribution in [3.63, 3.8) is 0 Å². The zero-order valence-corrected chi connectivity index (χ0v) is 8.99. The number of rotatable bonds is 3. The third kappa shape index (κ3) is 1.96. The Labute approximate surface area is 87.3 Å². The number of nitrogens with one attached hydrogen (secondary N) is 1. The van der Waals surface area contributed by atoms with Gasteiger partial charge in [-0.15, -0.1) is 11.3 Å². The molecule has 0 bridgehead atoms. The summed E-state index contributed by atoms with van der Waals surface area (Å²) in [7, 11) is 0. The minimum absolute atomic E-state index is 0.0106. The Morgan fingerprint density at radius 3 is 2.93 bits per heavy atom. The molecule has 1 aromatic heterocycles. The maximum absolute atomic E-state index is 11.5. The molecule has 1 heterocycles. The number of aryl methyl sites for hydroxylation is 1. The molecule has 0 atom stereocenters. The van der Waals surface area contributed by atoms with Crippen LogP contribution in [0.4, 0.5) is 0 Å². The average molecular weight is 210 g/mol. The molecule has 1 amide bonds. The van der Waals surface area contributed by atoms with Gasteiger partial charge in [0.1, 0.15) is 0 Å². The molecule has 0 saturated heterocycles. The summed E-state index contributed by atoms with van der Waals surface area (Å²) in [4.78, 5) is 12.7. The first-order valence-corrected chi connectivity index (χ1v) is 5.59. The van der Waals surface area contributed by atoms with Crippen LogP contribution in [-0.2, 0) is 11.3 Å². The standard InChI is InChI=1S/C10H14N2OS/c1-7-4-8(14-6-7)5-12-9(13)10(11)2-3-10/h4,6H,2-3,5,11H2,1H3,(H,12,13). The summed E-state index contributed by atoms with van der Waals surface area (Å²) in [5.74, 6) is -0.0106. The predicted molar refractivity (Wildman–Crippen MR) is 57.1 cm³/mol. The summed E-state index contributed by atoms with van der Waals surface area (Å²) < 4.78 is 0. The number of hydrogen-bond donors (Lipinski definition) is 2. The van der Waals surface area contributed by atoms with Crippen LogP contribution in [0.1, 0.15) is 23.3 Å². The first kappa shape index (κ1) is 9.68. The minimum Gasteiger partial charge on any atom is -0.350 e. The maximum atomic E-state index is 11.5. The lowest BCUT2D eigenvalue weighted by atomic mass is 10.2. The van der Waals surface area contributed by atoms with E-state index in [2.05, 4.69) is 16.8 Å². The van der Waals surface area contributed by atoms with Crippen LogP contribution in [0.5, 0.6) is 0 Å². The van der Waals surface area contributed by atoms with Crippen molar-refractivity contribution in [1.82, 2.24) is 5.32 Å². The van der Waals surface area contributed by atoms with Gasteiger partial charge in [0.2, 0.25) is 5.91 Å². The van der Waals surface area contributed by atoms with Gasteiger partial charge in [0.15, 0.2) is 0 Å². The summed E-state index contributed by atoms with van der Waals surface area (Å²) >= 11 is 1.67. The summed E-state index contributed by atoms with van der Waals surface area (Å²) in [6, 6.07) is 2.08. The van der Waals surface area contributed by atoms with Crippen LogP contribution in [0.25, 0.3) is 0 Å². The molecule has 1 aliphatic rings. The van der Waals surface area contributed by atoms with Gasteiger partial charge in [0.05, 0.1) is 12.1 Å². The summed E-state index contributed by atoms with van der Waals surface area (Å²) in [5, 5.41) is 4.94. The third-order valence-electron chi connectivity index (χ3n) is 2.45. The van der Waals surface area contributed by atoms with Crippen molar-refractivity contribution in [3.05, 3.63) is 21.9 Å². The number of amides is 1. The highest BCUT2D eigenvalue weighted by Crippen LogP contribution is 2.32. The maximum Gasteiger partial charge on any atom is 0.240 e. The second-order valence-electron chi connectivity index (χ2n) is 3.93. The predicted octanol–water partition coefficient (Wildman–Crippen LogP) is 1.16. The van der Waals surface area contributed by atoms with E-state index in [0.29, 0.717) is 6.54 Å². The van der Waals surface area contributed by atoms with Crippen molar-refractivity contribution in [2.24, 2.45) is 5.73 Å². The largest absolute Gasteiger partial charge is 0.350 e. The van der Waals surface area contributed by atoms with Gasteiger partial charge in [0.25, 0.3) is 0 Å². The Balaban J connectivity index is 1.85. The first-order chi connectivity index (χ1) is 6.60. The van der Waals surface area contributed by atoms with E-state index in [1.54, 1.807) is 11.3 Å².